The Bertz CT molecular complexity index is 549. The molecule has 2 rings (SSSR count). The van der Waals surface area contributed by atoms with Gasteiger partial charge in [0.2, 0.25) is 0 Å². The van der Waals surface area contributed by atoms with Crippen molar-refractivity contribution in [2.75, 3.05) is 11.9 Å². The highest BCUT2D eigenvalue weighted by atomic mass is 19.1. The molecule has 0 saturated heterocycles. The quantitative estimate of drug-likeness (QED) is 0.866. The molecule has 0 heterocycles. The van der Waals surface area contributed by atoms with Crippen LogP contribution in [0.5, 0.6) is 5.75 Å². The zero-order valence-electron chi connectivity index (χ0n) is 11.5. The van der Waals surface area contributed by atoms with Gasteiger partial charge in [-0.25, -0.2) is 8.78 Å². The summed E-state index contributed by atoms with van der Waals surface area (Å²) in [6.45, 7) is 4.39. The lowest BCUT2D eigenvalue weighted by molar-refractivity contribution is 0.340. The summed E-state index contributed by atoms with van der Waals surface area (Å²) in [6.07, 6.45) is 0. The molecule has 2 aromatic rings. The summed E-state index contributed by atoms with van der Waals surface area (Å²) in [5.74, 6) is -0.344. The molecule has 0 aliphatic carbocycles. The van der Waals surface area contributed by atoms with E-state index in [9.17, 15) is 8.78 Å². The maximum Gasteiger partial charge on any atom is 0.126 e. The molecule has 1 atom stereocenters. The lowest BCUT2D eigenvalue weighted by Crippen LogP contribution is -2.07. The molecule has 0 fully saturated rings. The van der Waals surface area contributed by atoms with Crippen molar-refractivity contribution in [3.8, 4) is 5.75 Å². The highest BCUT2D eigenvalue weighted by molar-refractivity contribution is 5.48. The van der Waals surface area contributed by atoms with Crippen LogP contribution in [0.4, 0.5) is 14.5 Å². The van der Waals surface area contributed by atoms with Crippen LogP contribution in [0.1, 0.15) is 25.5 Å². The monoisotopic (exact) mass is 277 g/mol. The summed E-state index contributed by atoms with van der Waals surface area (Å²) in [5.41, 5.74) is 1.43. The Morgan fingerprint density at radius 2 is 1.65 bits per heavy atom. The Labute approximate surface area is 117 Å². The normalized spacial score (nSPS) is 12.0. The Balaban J connectivity index is 2.08. The third kappa shape index (κ3) is 3.70. The maximum absolute atomic E-state index is 13.2. The Morgan fingerprint density at radius 3 is 2.20 bits per heavy atom. The second kappa shape index (κ2) is 6.37. The summed E-state index contributed by atoms with van der Waals surface area (Å²) in [6, 6.07) is 10.8. The molecule has 0 aromatic heterocycles. The summed E-state index contributed by atoms with van der Waals surface area (Å²) in [5, 5.41) is 3.19. The summed E-state index contributed by atoms with van der Waals surface area (Å²) in [7, 11) is 0. The van der Waals surface area contributed by atoms with Gasteiger partial charge in [-0.2, -0.15) is 0 Å². The van der Waals surface area contributed by atoms with Gasteiger partial charge in [-0.15, -0.1) is 0 Å². The van der Waals surface area contributed by atoms with E-state index < -0.39 is 11.6 Å². The van der Waals surface area contributed by atoms with E-state index in [-0.39, 0.29) is 6.04 Å². The number of nitrogens with one attached hydrogen (secondary N) is 1. The zero-order valence-corrected chi connectivity index (χ0v) is 11.5. The van der Waals surface area contributed by atoms with Crippen molar-refractivity contribution in [2.45, 2.75) is 19.9 Å². The largest absolute Gasteiger partial charge is 0.494 e. The van der Waals surface area contributed by atoms with E-state index in [0.717, 1.165) is 17.5 Å². The van der Waals surface area contributed by atoms with Crippen molar-refractivity contribution >= 4 is 5.69 Å². The van der Waals surface area contributed by atoms with Crippen molar-refractivity contribution in [1.82, 2.24) is 0 Å². The van der Waals surface area contributed by atoms with Crippen LogP contribution < -0.4 is 10.1 Å². The predicted octanol–water partition coefficient (Wildman–Crippen LogP) is 4.54. The fraction of sp³-hybridized carbons (Fsp3) is 0.250. The van der Waals surface area contributed by atoms with E-state index in [0.29, 0.717) is 12.2 Å². The molecule has 0 radical (unpaired) electrons. The SMILES string of the molecule is CCOc1ccc(NC(C)c2cc(F)cc(F)c2)cc1. The Kier molecular flexibility index (Phi) is 4.56. The van der Waals surface area contributed by atoms with E-state index in [1.165, 1.54) is 12.1 Å². The van der Waals surface area contributed by atoms with E-state index in [1.807, 2.05) is 38.1 Å². The molecule has 0 aliphatic heterocycles. The molecule has 0 aliphatic rings. The summed E-state index contributed by atoms with van der Waals surface area (Å²) in [4.78, 5) is 0. The summed E-state index contributed by atoms with van der Waals surface area (Å²) >= 11 is 0. The first-order chi connectivity index (χ1) is 9.58. The van der Waals surface area contributed by atoms with Gasteiger partial charge in [0.25, 0.3) is 0 Å². The van der Waals surface area contributed by atoms with Gasteiger partial charge in [0, 0.05) is 17.8 Å². The van der Waals surface area contributed by atoms with Crippen LogP contribution >= 0.6 is 0 Å². The molecular weight excluding hydrogens is 260 g/mol. The fourth-order valence-corrected chi connectivity index (χ4v) is 1.97. The number of hydrogen-bond donors (Lipinski definition) is 1. The first-order valence-electron chi connectivity index (χ1n) is 6.54. The van der Waals surface area contributed by atoms with Gasteiger partial charge in [0.1, 0.15) is 17.4 Å². The number of hydrogen-bond acceptors (Lipinski definition) is 2. The average Bonchev–Trinajstić information content (AvgIpc) is 2.40. The molecular formula is C16H17F2NO. The Morgan fingerprint density at radius 1 is 1.05 bits per heavy atom. The van der Waals surface area contributed by atoms with Gasteiger partial charge in [0.05, 0.1) is 6.61 Å². The van der Waals surface area contributed by atoms with Crippen molar-refractivity contribution in [3.05, 3.63) is 59.7 Å². The highest BCUT2D eigenvalue weighted by Crippen LogP contribution is 2.22. The zero-order chi connectivity index (χ0) is 14.5. The standard InChI is InChI=1S/C16H17F2NO/c1-3-20-16-6-4-15(5-7-16)19-11(2)12-8-13(17)10-14(18)9-12/h4-11,19H,3H2,1-2H3. The molecule has 106 valence electrons. The summed E-state index contributed by atoms with van der Waals surface area (Å²) < 4.78 is 31.7. The van der Waals surface area contributed by atoms with Gasteiger partial charge in [0.15, 0.2) is 0 Å². The second-order valence-electron chi connectivity index (χ2n) is 4.53. The van der Waals surface area contributed by atoms with Gasteiger partial charge in [-0.3, -0.25) is 0 Å². The van der Waals surface area contributed by atoms with Gasteiger partial charge >= 0.3 is 0 Å². The molecule has 2 aromatic carbocycles. The third-order valence-electron chi connectivity index (χ3n) is 2.93. The predicted molar refractivity (Wildman–Crippen MR) is 76.0 cm³/mol. The van der Waals surface area contributed by atoms with E-state index in [4.69, 9.17) is 4.74 Å². The topological polar surface area (TPSA) is 21.3 Å². The van der Waals surface area contributed by atoms with Gasteiger partial charge in [-0.05, 0) is 55.8 Å². The minimum Gasteiger partial charge on any atom is -0.494 e. The molecule has 0 saturated carbocycles. The van der Waals surface area contributed by atoms with E-state index in [1.54, 1.807) is 0 Å². The van der Waals surface area contributed by atoms with Crippen molar-refractivity contribution in [1.29, 1.82) is 0 Å². The lowest BCUT2D eigenvalue weighted by atomic mass is 10.1. The molecule has 0 spiro atoms. The van der Waals surface area contributed by atoms with Gasteiger partial charge in [-0.1, -0.05) is 0 Å². The number of rotatable bonds is 5. The Hall–Kier alpha value is -2.10. The number of benzene rings is 2. The molecule has 2 nitrogen and oxygen atoms in total. The van der Waals surface area contributed by atoms with Crippen LogP contribution in [0.15, 0.2) is 42.5 Å². The van der Waals surface area contributed by atoms with Crippen molar-refractivity contribution in [2.24, 2.45) is 0 Å². The molecule has 4 heteroatoms. The van der Waals surface area contributed by atoms with E-state index in [2.05, 4.69) is 5.32 Å². The van der Waals surface area contributed by atoms with Crippen LogP contribution in [0.25, 0.3) is 0 Å². The van der Waals surface area contributed by atoms with Crippen LogP contribution in [0, 0.1) is 11.6 Å². The third-order valence-corrected chi connectivity index (χ3v) is 2.93. The van der Waals surface area contributed by atoms with E-state index >= 15 is 0 Å². The molecule has 0 amide bonds. The highest BCUT2D eigenvalue weighted by Gasteiger charge is 2.08. The van der Waals surface area contributed by atoms with Crippen molar-refractivity contribution in [3.63, 3.8) is 0 Å². The van der Waals surface area contributed by atoms with Crippen LogP contribution in [-0.2, 0) is 0 Å². The number of ether oxygens (including phenoxy) is 1. The minimum atomic E-state index is -0.569. The number of anilines is 1. The smallest absolute Gasteiger partial charge is 0.126 e. The number of halogens is 2. The van der Waals surface area contributed by atoms with Crippen LogP contribution in [-0.4, -0.2) is 6.61 Å². The second-order valence-corrected chi connectivity index (χ2v) is 4.53. The molecule has 0 bridgehead atoms. The fourth-order valence-electron chi connectivity index (χ4n) is 1.97. The first kappa shape index (κ1) is 14.3. The van der Waals surface area contributed by atoms with Crippen molar-refractivity contribution < 1.29 is 13.5 Å². The molecule has 1 unspecified atom stereocenters. The molecule has 20 heavy (non-hydrogen) atoms. The van der Waals surface area contributed by atoms with Gasteiger partial charge < -0.3 is 10.1 Å². The maximum atomic E-state index is 13.2. The van der Waals surface area contributed by atoms with Crippen LogP contribution in [0.2, 0.25) is 0 Å². The lowest BCUT2D eigenvalue weighted by Gasteiger charge is -2.16. The average molecular weight is 277 g/mol. The first-order valence-corrected chi connectivity index (χ1v) is 6.54. The molecule has 1 N–H and O–H groups in total. The minimum absolute atomic E-state index is 0.196. The van der Waals surface area contributed by atoms with Crippen LogP contribution in [0.3, 0.4) is 0 Å².